The number of para-hydroxylation sites is 1. The summed E-state index contributed by atoms with van der Waals surface area (Å²) in [5.74, 6) is 0. The summed E-state index contributed by atoms with van der Waals surface area (Å²) in [4.78, 5) is 2.47. The van der Waals surface area contributed by atoms with E-state index in [1.807, 2.05) is 13.8 Å². The van der Waals surface area contributed by atoms with Gasteiger partial charge in [-0.2, -0.15) is 0 Å². The third kappa shape index (κ3) is 3.95. The van der Waals surface area contributed by atoms with Crippen LogP contribution >= 0.6 is 0 Å². The molecule has 2 N–H and O–H groups in total. The summed E-state index contributed by atoms with van der Waals surface area (Å²) >= 11 is 0. The lowest BCUT2D eigenvalue weighted by atomic mass is 10.0. The SMILES string of the molecule is CCC(C)(O)CNCc1ccccc1N1CCCC1. The minimum atomic E-state index is -0.609. The fourth-order valence-corrected chi connectivity index (χ4v) is 2.52. The topological polar surface area (TPSA) is 35.5 Å². The van der Waals surface area contributed by atoms with Crippen LogP contribution in [0.5, 0.6) is 0 Å². The van der Waals surface area contributed by atoms with Crippen molar-refractivity contribution in [3.05, 3.63) is 29.8 Å². The van der Waals surface area contributed by atoms with Gasteiger partial charge >= 0.3 is 0 Å². The van der Waals surface area contributed by atoms with Gasteiger partial charge in [-0.15, -0.1) is 0 Å². The predicted molar refractivity (Wildman–Crippen MR) is 80.5 cm³/mol. The van der Waals surface area contributed by atoms with Crippen LogP contribution < -0.4 is 10.2 Å². The molecule has 0 aromatic heterocycles. The average Bonchev–Trinajstić information content (AvgIpc) is 2.93. The first-order valence-electron chi connectivity index (χ1n) is 7.38. The molecule has 0 saturated carbocycles. The second kappa shape index (κ2) is 6.40. The standard InChI is InChI=1S/C16H26N2O/c1-3-16(2,19)13-17-12-14-8-4-5-9-15(14)18-10-6-7-11-18/h4-5,8-9,17,19H,3,6-7,10-13H2,1-2H3. The first-order valence-corrected chi connectivity index (χ1v) is 7.38. The maximum Gasteiger partial charge on any atom is 0.0741 e. The molecule has 0 spiro atoms. The van der Waals surface area contributed by atoms with E-state index in [0.717, 1.165) is 13.0 Å². The molecule has 1 heterocycles. The van der Waals surface area contributed by atoms with Crippen molar-refractivity contribution in [2.45, 2.75) is 45.3 Å². The third-order valence-electron chi connectivity index (χ3n) is 4.02. The van der Waals surface area contributed by atoms with Crippen LogP contribution in [0.2, 0.25) is 0 Å². The Kier molecular flexibility index (Phi) is 4.83. The van der Waals surface area contributed by atoms with E-state index in [1.54, 1.807) is 0 Å². The highest BCUT2D eigenvalue weighted by Gasteiger charge is 2.18. The largest absolute Gasteiger partial charge is 0.389 e. The number of nitrogens with one attached hydrogen (secondary N) is 1. The number of nitrogens with zero attached hydrogens (tertiary/aromatic N) is 1. The number of benzene rings is 1. The van der Waals surface area contributed by atoms with Gasteiger partial charge in [-0.25, -0.2) is 0 Å². The molecule has 1 atom stereocenters. The van der Waals surface area contributed by atoms with Crippen molar-refractivity contribution in [3.63, 3.8) is 0 Å². The molecule has 1 saturated heterocycles. The zero-order valence-corrected chi connectivity index (χ0v) is 12.2. The Morgan fingerprint density at radius 1 is 1.26 bits per heavy atom. The second-order valence-corrected chi connectivity index (χ2v) is 5.78. The smallest absolute Gasteiger partial charge is 0.0741 e. The molecule has 0 bridgehead atoms. The van der Waals surface area contributed by atoms with E-state index in [9.17, 15) is 5.11 Å². The molecule has 0 radical (unpaired) electrons. The van der Waals surface area contributed by atoms with E-state index in [1.165, 1.54) is 37.2 Å². The highest BCUT2D eigenvalue weighted by atomic mass is 16.3. The Hall–Kier alpha value is -1.06. The summed E-state index contributed by atoms with van der Waals surface area (Å²) in [6.45, 7) is 7.69. The molecular weight excluding hydrogens is 236 g/mol. The van der Waals surface area contributed by atoms with Crippen LogP contribution in [-0.4, -0.2) is 30.3 Å². The number of rotatable bonds is 6. The second-order valence-electron chi connectivity index (χ2n) is 5.78. The molecule has 0 aliphatic carbocycles. The summed E-state index contributed by atoms with van der Waals surface area (Å²) in [5.41, 5.74) is 2.07. The van der Waals surface area contributed by atoms with Gasteiger partial charge in [0.2, 0.25) is 0 Å². The van der Waals surface area contributed by atoms with Gasteiger partial charge in [-0.1, -0.05) is 25.1 Å². The molecule has 1 fully saturated rings. The zero-order valence-electron chi connectivity index (χ0n) is 12.2. The zero-order chi connectivity index (χ0) is 13.7. The monoisotopic (exact) mass is 262 g/mol. The number of aliphatic hydroxyl groups is 1. The Morgan fingerprint density at radius 3 is 2.63 bits per heavy atom. The molecule has 3 heteroatoms. The van der Waals surface area contributed by atoms with Crippen molar-refractivity contribution < 1.29 is 5.11 Å². The lowest BCUT2D eigenvalue weighted by Crippen LogP contribution is -2.37. The molecule has 3 nitrogen and oxygen atoms in total. The Balaban J connectivity index is 1.96. The molecule has 1 aliphatic rings. The van der Waals surface area contributed by atoms with Gasteiger partial charge in [0.05, 0.1) is 5.60 Å². The summed E-state index contributed by atoms with van der Waals surface area (Å²) in [6.07, 6.45) is 3.37. The van der Waals surface area contributed by atoms with Crippen LogP contribution in [0.1, 0.15) is 38.7 Å². The highest BCUT2D eigenvalue weighted by Crippen LogP contribution is 2.24. The van der Waals surface area contributed by atoms with E-state index in [2.05, 4.69) is 34.5 Å². The van der Waals surface area contributed by atoms with E-state index >= 15 is 0 Å². The van der Waals surface area contributed by atoms with Crippen LogP contribution in [0, 0.1) is 0 Å². The molecular formula is C16H26N2O. The first kappa shape index (κ1) is 14.4. The molecule has 1 unspecified atom stereocenters. The van der Waals surface area contributed by atoms with Gasteiger partial charge in [-0.05, 0) is 37.8 Å². The predicted octanol–water partition coefficient (Wildman–Crippen LogP) is 2.54. The highest BCUT2D eigenvalue weighted by molar-refractivity contribution is 5.54. The Bertz CT molecular complexity index is 397. The van der Waals surface area contributed by atoms with Crippen LogP contribution in [-0.2, 0) is 6.54 Å². The fourth-order valence-electron chi connectivity index (χ4n) is 2.52. The van der Waals surface area contributed by atoms with E-state index < -0.39 is 5.60 Å². The molecule has 106 valence electrons. The first-order chi connectivity index (χ1) is 9.12. The normalized spacial score (nSPS) is 18.6. The Morgan fingerprint density at radius 2 is 1.95 bits per heavy atom. The third-order valence-corrected chi connectivity index (χ3v) is 4.02. The maximum absolute atomic E-state index is 10.0. The fraction of sp³-hybridized carbons (Fsp3) is 0.625. The quantitative estimate of drug-likeness (QED) is 0.827. The number of hydrogen-bond donors (Lipinski definition) is 2. The maximum atomic E-state index is 10.0. The van der Waals surface area contributed by atoms with Crippen molar-refractivity contribution in [3.8, 4) is 0 Å². The minimum absolute atomic E-state index is 0.609. The molecule has 2 rings (SSSR count). The molecule has 1 aromatic carbocycles. The van der Waals surface area contributed by atoms with Crippen LogP contribution in [0.4, 0.5) is 5.69 Å². The molecule has 0 amide bonds. The van der Waals surface area contributed by atoms with Crippen molar-refractivity contribution in [2.24, 2.45) is 0 Å². The lowest BCUT2D eigenvalue weighted by molar-refractivity contribution is 0.0556. The van der Waals surface area contributed by atoms with E-state index in [-0.39, 0.29) is 0 Å². The summed E-state index contributed by atoms with van der Waals surface area (Å²) in [7, 11) is 0. The van der Waals surface area contributed by atoms with Gasteiger partial charge in [0, 0.05) is 31.9 Å². The van der Waals surface area contributed by atoms with Crippen molar-refractivity contribution >= 4 is 5.69 Å². The van der Waals surface area contributed by atoms with Crippen LogP contribution in [0.25, 0.3) is 0 Å². The summed E-state index contributed by atoms with van der Waals surface area (Å²) < 4.78 is 0. The van der Waals surface area contributed by atoms with Gasteiger partial charge in [0.15, 0.2) is 0 Å². The van der Waals surface area contributed by atoms with E-state index in [4.69, 9.17) is 0 Å². The van der Waals surface area contributed by atoms with Crippen molar-refractivity contribution in [1.29, 1.82) is 0 Å². The van der Waals surface area contributed by atoms with Crippen molar-refractivity contribution in [2.75, 3.05) is 24.5 Å². The van der Waals surface area contributed by atoms with E-state index in [0.29, 0.717) is 6.54 Å². The number of hydrogen-bond acceptors (Lipinski definition) is 3. The molecule has 1 aromatic rings. The van der Waals surface area contributed by atoms with Gasteiger partial charge in [-0.3, -0.25) is 0 Å². The molecule has 19 heavy (non-hydrogen) atoms. The Labute approximate surface area is 116 Å². The minimum Gasteiger partial charge on any atom is -0.389 e. The van der Waals surface area contributed by atoms with Gasteiger partial charge < -0.3 is 15.3 Å². The van der Waals surface area contributed by atoms with Crippen molar-refractivity contribution in [1.82, 2.24) is 5.32 Å². The van der Waals surface area contributed by atoms with Gasteiger partial charge in [0.1, 0.15) is 0 Å². The molecule has 1 aliphatic heterocycles. The summed E-state index contributed by atoms with van der Waals surface area (Å²) in [6, 6.07) is 8.59. The van der Waals surface area contributed by atoms with Crippen LogP contribution in [0.15, 0.2) is 24.3 Å². The number of anilines is 1. The lowest BCUT2D eigenvalue weighted by Gasteiger charge is -2.24. The summed E-state index contributed by atoms with van der Waals surface area (Å²) in [5, 5.41) is 13.4. The van der Waals surface area contributed by atoms with Crippen LogP contribution in [0.3, 0.4) is 0 Å². The average molecular weight is 262 g/mol. The van der Waals surface area contributed by atoms with Gasteiger partial charge in [0.25, 0.3) is 0 Å².